The van der Waals surface area contributed by atoms with E-state index in [4.69, 9.17) is 39.5 Å². The molecule has 2 N–H and O–H groups in total. The van der Waals surface area contributed by atoms with Gasteiger partial charge in [-0.05, 0) is 69.3 Å². The van der Waals surface area contributed by atoms with Crippen LogP contribution >= 0.6 is 11.6 Å². The summed E-state index contributed by atoms with van der Waals surface area (Å²) >= 11 is 5.39. The molecule has 0 fully saturated rings. The first-order valence-corrected chi connectivity index (χ1v) is 10.3. The number of halogens is 1. The second-order valence-corrected chi connectivity index (χ2v) is 6.73. The largest absolute Gasteiger partial charge is 0.467 e. The maximum absolute atomic E-state index is 10.00. The van der Waals surface area contributed by atoms with Crippen LogP contribution in [0.25, 0.3) is 0 Å². The van der Waals surface area contributed by atoms with Crippen LogP contribution in [0.5, 0.6) is 0 Å². The van der Waals surface area contributed by atoms with Gasteiger partial charge in [0.15, 0.2) is 24.1 Å². The average molecular weight is 479 g/mol. The number of aliphatic hydroxyl groups is 2. The highest BCUT2D eigenvalue weighted by atomic mass is 35.5. The summed E-state index contributed by atoms with van der Waals surface area (Å²) in [6.45, 7) is 5.56. The standard InChI is InChI=1S/C6H5ClO2.C6H6O3.C6H8O2.C6H8O/c2*7-3-5-1-2-6(4-8)9-5;1-5-2-3-6(4-7)8-5;1-5-3-4-6(2)7-5/h1-2,4H,3H2;1-3,8H,4H2;2-3,7H,4H2,1H3;3-4H,1-2H3. The van der Waals surface area contributed by atoms with Crippen molar-refractivity contribution in [3.8, 4) is 0 Å². The molecular weight excluding hydrogens is 452 g/mol. The minimum absolute atomic E-state index is 0.00611. The van der Waals surface area contributed by atoms with E-state index in [1.165, 1.54) is 6.07 Å². The van der Waals surface area contributed by atoms with Gasteiger partial charge in [-0.2, -0.15) is 0 Å². The van der Waals surface area contributed by atoms with Crippen molar-refractivity contribution in [1.82, 2.24) is 0 Å². The van der Waals surface area contributed by atoms with Crippen LogP contribution in [0.2, 0.25) is 0 Å². The minimum atomic E-state index is -0.159. The summed E-state index contributed by atoms with van der Waals surface area (Å²) in [4.78, 5) is 20.0. The molecule has 178 valence electrons. The van der Waals surface area contributed by atoms with Crippen molar-refractivity contribution in [2.24, 2.45) is 0 Å². The number of aliphatic hydroxyl groups excluding tert-OH is 2. The Kier molecular flexibility index (Phi) is 13.0. The van der Waals surface area contributed by atoms with Gasteiger partial charge in [0.1, 0.15) is 47.8 Å². The molecule has 0 radical (unpaired) electrons. The van der Waals surface area contributed by atoms with Gasteiger partial charge in [-0.25, -0.2) is 0 Å². The van der Waals surface area contributed by atoms with E-state index >= 15 is 0 Å². The van der Waals surface area contributed by atoms with E-state index in [1.807, 2.05) is 39.0 Å². The SMILES string of the molecule is Cc1ccc(C)o1.Cc1ccc(CO)o1.O=Cc1ccc(CCl)o1.O=Cc1ccc(CO)o1. The first-order valence-electron chi connectivity index (χ1n) is 9.78. The lowest BCUT2D eigenvalue weighted by Crippen LogP contribution is -1.74. The van der Waals surface area contributed by atoms with Crippen LogP contribution in [0.3, 0.4) is 0 Å². The quantitative estimate of drug-likeness (QED) is 0.288. The zero-order valence-electron chi connectivity index (χ0n) is 18.6. The molecule has 9 heteroatoms. The molecule has 4 aromatic rings. The Morgan fingerprint density at radius 1 is 0.636 bits per heavy atom. The molecule has 0 saturated carbocycles. The van der Waals surface area contributed by atoms with E-state index in [1.54, 1.807) is 24.3 Å². The number of furan rings is 4. The summed E-state index contributed by atoms with van der Waals surface area (Å²) in [5.74, 6) is 5.36. The number of carbonyl (C=O) groups is 2. The van der Waals surface area contributed by atoms with Gasteiger partial charge in [-0.3, -0.25) is 9.59 Å². The number of rotatable bonds is 5. The number of hydrogen-bond donors (Lipinski definition) is 2. The third kappa shape index (κ3) is 11.2. The predicted molar refractivity (Wildman–Crippen MR) is 121 cm³/mol. The van der Waals surface area contributed by atoms with Crippen LogP contribution in [-0.4, -0.2) is 22.8 Å². The Labute approximate surface area is 196 Å². The van der Waals surface area contributed by atoms with Crippen molar-refractivity contribution in [3.05, 3.63) is 94.6 Å². The predicted octanol–water partition coefficient (Wildman–Crippen LogP) is 5.39. The fraction of sp³-hybridized carbons (Fsp3) is 0.250. The number of aldehydes is 2. The van der Waals surface area contributed by atoms with Gasteiger partial charge in [-0.15, -0.1) is 11.6 Å². The van der Waals surface area contributed by atoms with E-state index in [9.17, 15) is 9.59 Å². The molecular formula is C24H27ClO8. The molecule has 0 saturated heterocycles. The second-order valence-electron chi connectivity index (χ2n) is 6.46. The normalized spacial score (nSPS) is 9.52. The smallest absolute Gasteiger partial charge is 0.185 e. The highest BCUT2D eigenvalue weighted by molar-refractivity contribution is 6.16. The Morgan fingerprint density at radius 2 is 1.03 bits per heavy atom. The Bertz CT molecular complexity index is 1010. The lowest BCUT2D eigenvalue weighted by Gasteiger charge is -1.82. The number of alkyl halides is 1. The van der Waals surface area contributed by atoms with Crippen LogP contribution in [-0.2, 0) is 19.1 Å². The summed E-state index contributed by atoms with van der Waals surface area (Å²) in [5.41, 5.74) is 0. The first-order chi connectivity index (χ1) is 15.8. The molecule has 0 atom stereocenters. The molecule has 33 heavy (non-hydrogen) atoms. The minimum Gasteiger partial charge on any atom is -0.467 e. The molecule has 0 aliphatic rings. The van der Waals surface area contributed by atoms with Gasteiger partial charge in [-0.1, -0.05) is 0 Å². The number of aryl methyl sites for hydroxylation is 3. The average Bonchev–Trinajstić information content (AvgIpc) is 3.63. The molecule has 4 aromatic heterocycles. The van der Waals surface area contributed by atoms with Crippen LogP contribution in [0.4, 0.5) is 0 Å². The topological polar surface area (TPSA) is 127 Å². The van der Waals surface area contributed by atoms with E-state index in [0.29, 0.717) is 41.5 Å². The molecule has 0 aliphatic carbocycles. The fourth-order valence-corrected chi connectivity index (χ4v) is 2.34. The van der Waals surface area contributed by atoms with Crippen LogP contribution in [0.1, 0.15) is 55.7 Å². The number of carbonyl (C=O) groups excluding carboxylic acids is 2. The van der Waals surface area contributed by atoms with Gasteiger partial charge in [0.2, 0.25) is 0 Å². The van der Waals surface area contributed by atoms with Crippen LogP contribution in [0, 0.1) is 20.8 Å². The Hall–Kier alpha value is -3.33. The van der Waals surface area contributed by atoms with Gasteiger partial charge in [0.05, 0.1) is 5.88 Å². The molecule has 0 aliphatic heterocycles. The van der Waals surface area contributed by atoms with Crippen molar-refractivity contribution in [3.63, 3.8) is 0 Å². The van der Waals surface area contributed by atoms with Gasteiger partial charge in [0, 0.05) is 0 Å². The van der Waals surface area contributed by atoms with Crippen molar-refractivity contribution in [2.75, 3.05) is 0 Å². The molecule has 0 unspecified atom stereocenters. The first kappa shape index (κ1) is 27.7. The monoisotopic (exact) mass is 478 g/mol. The van der Waals surface area contributed by atoms with Gasteiger partial charge < -0.3 is 27.9 Å². The van der Waals surface area contributed by atoms with E-state index < -0.39 is 0 Å². The summed E-state index contributed by atoms with van der Waals surface area (Å²) < 4.78 is 19.7. The van der Waals surface area contributed by atoms with E-state index in [0.717, 1.165) is 17.3 Å². The van der Waals surface area contributed by atoms with E-state index in [2.05, 4.69) is 0 Å². The second kappa shape index (κ2) is 15.5. The molecule has 0 spiro atoms. The maximum Gasteiger partial charge on any atom is 0.185 e. The van der Waals surface area contributed by atoms with E-state index in [-0.39, 0.29) is 19.0 Å². The molecule has 0 amide bonds. The molecule has 0 bridgehead atoms. The van der Waals surface area contributed by atoms with Crippen molar-refractivity contribution >= 4 is 24.2 Å². The van der Waals surface area contributed by atoms with Crippen LogP contribution < -0.4 is 0 Å². The highest BCUT2D eigenvalue weighted by Gasteiger charge is 1.97. The van der Waals surface area contributed by atoms with Crippen molar-refractivity contribution < 1.29 is 37.5 Å². The fourth-order valence-electron chi connectivity index (χ4n) is 2.20. The summed E-state index contributed by atoms with van der Waals surface area (Å²) in [5, 5.41) is 16.9. The zero-order chi connectivity index (χ0) is 24.6. The van der Waals surface area contributed by atoms with Crippen molar-refractivity contribution in [1.29, 1.82) is 0 Å². The summed E-state index contributed by atoms with van der Waals surface area (Å²) in [7, 11) is 0. The third-order valence-corrected chi connectivity index (χ3v) is 3.97. The summed E-state index contributed by atoms with van der Waals surface area (Å²) in [6.07, 6.45) is 1.25. The van der Waals surface area contributed by atoms with Gasteiger partial charge >= 0.3 is 0 Å². The van der Waals surface area contributed by atoms with Crippen LogP contribution in [0.15, 0.2) is 66.2 Å². The molecule has 0 aromatic carbocycles. The van der Waals surface area contributed by atoms with Crippen molar-refractivity contribution in [2.45, 2.75) is 39.9 Å². The lowest BCUT2D eigenvalue weighted by molar-refractivity contribution is 0.109. The van der Waals surface area contributed by atoms with Gasteiger partial charge in [0.25, 0.3) is 0 Å². The number of hydrogen-bond acceptors (Lipinski definition) is 8. The Morgan fingerprint density at radius 3 is 1.27 bits per heavy atom. The highest BCUT2D eigenvalue weighted by Crippen LogP contribution is 2.07. The molecule has 8 nitrogen and oxygen atoms in total. The molecule has 4 rings (SSSR count). The molecule has 4 heterocycles. The zero-order valence-corrected chi connectivity index (χ0v) is 19.4. The third-order valence-electron chi connectivity index (χ3n) is 3.71. The Balaban J connectivity index is 0.000000221. The lowest BCUT2D eigenvalue weighted by atomic mass is 10.4. The summed E-state index contributed by atoms with van der Waals surface area (Å²) in [6, 6.07) is 13.8. The maximum atomic E-state index is 10.00.